The number of hydrogen-bond acceptors (Lipinski definition) is 4. The van der Waals surface area contributed by atoms with Gasteiger partial charge < -0.3 is 16.0 Å². The molecule has 1 saturated heterocycles. The van der Waals surface area contributed by atoms with Crippen molar-refractivity contribution < 1.29 is 4.79 Å². The minimum absolute atomic E-state index is 0.0728. The minimum Gasteiger partial charge on any atom is -0.399 e. The van der Waals surface area contributed by atoms with Gasteiger partial charge >= 0.3 is 0 Å². The van der Waals surface area contributed by atoms with E-state index < -0.39 is 0 Å². The first-order valence-electron chi connectivity index (χ1n) is 9.31. The molecule has 0 spiro atoms. The van der Waals surface area contributed by atoms with Gasteiger partial charge in [0.1, 0.15) is 0 Å². The fourth-order valence-corrected chi connectivity index (χ4v) is 3.30. The zero-order chi connectivity index (χ0) is 18.4. The number of nitrogens with two attached hydrogens (primary N) is 1. The van der Waals surface area contributed by atoms with Gasteiger partial charge in [-0.3, -0.25) is 9.69 Å². The predicted octanol–water partition coefficient (Wildman–Crippen LogP) is 2.34. The number of amides is 1. The second-order valence-electron chi connectivity index (χ2n) is 6.78. The molecule has 1 aliphatic heterocycles. The maximum absolute atomic E-state index is 12.3. The lowest BCUT2D eigenvalue weighted by Gasteiger charge is -2.34. The lowest BCUT2D eigenvalue weighted by Crippen LogP contribution is -2.45. The number of hydrogen-bond donors (Lipinski definition) is 2. The molecule has 1 fully saturated rings. The van der Waals surface area contributed by atoms with Crippen molar-refractivity contribution in [3.05, 3.63) is 65.2 Å². The van der Waals surface area contributed by atoms with Crippen LogP contribution in [0.5, 0.6) is 0 Å². The Morgan fingerprint density at radius 3 is 2.23 bits per heavy atom. The second kappa shape index (κ2) is 8.83. The summed E-state index contributed by atoms with van der Waals surface area (Å²) in [5.41, 5.74) is 9.43. The Morgan fingerprint density at radius 2 is 1.58 bits per heavy atom. The molecule has 0 atom stereocenters. The summed E-state index contributed by atoms with van der Waals surface area (Å²) < 4.78 is 0. The minimum atomic E-state index is -0.0728. The molecule has 2 aromatic carbocycles. The molecule has 5 heteroatoms. The number of nitrogens with one attached hydrogen (secondary N) is 1. The summed E-state index contributed by atoms with van der Waals surface area (Å²) in [6.45, 7) is 9.27. The van der Waals surface area contributed by atoms with Crippen LogP contribution in [0.4, 0.5) is 5.69 Å². The summed E-state index contributed by atoms with van der Waals surface area (Å²) in [6, 6.07) is 15.4. The van der Waals surface area contributed by atoms with Gasteiger partial charge in [0.15, 0.2) is 0 Å². The van der Waals surface area contributed by atoms with Gasteiger partial charge in [0.2, 0.25) is 0 Å². The first-order chi connectivity index (χ1) is 12.7. The van der Waals surface area contributed by atoms with E-state index in [-0.39, 0.29) is 5.91 Å². The smallest absolute Gasteiger partial charge is 0.251 e. The summed E-state index contributed by atoms with van der Waals surface area (Å²) in [4.78, 5) is 17.3. The van der Waals surface area contributed by atoms with E-state index in [4.69, 9.17) is 5.73 Å². The molecule has 2 aromatic rings. The standard InChI is InChI=1S/C21H28N4O/c1-2-24-11-13-25(14-12-24)16-19-6-4-3-5-18(19)15-23-21(26)17-7-9-20(22)10-8-17/h3-10H,2,11-16,22H2,1H3,(H,23,26). The Kier molecular flexibility index (Phi) is 6.26. The molecule has 5 nitrogen and oxygen atoms in total. The monoisotopic (exact) mass is 352 g/mol. The van der Waals surface area contributed by atoms with Gasteiger partial charge in [-0.05, 0) is 41.9 Å². The summed E-state index contributed by atoms with van der Waals surface area (Å²) in [6.07, 6.45) is 0. The van der Waals surface area contributed by atoms with E-state index in [2.05, 4.69) is 40.2 Å². The molecule has 0 aromatic heterocycles. The van der Waals surface area contributed by atoms with Crippen molar-refractivity contribution in [2.24, 2.45) is 0 Å². The number of piperazine rings is 1. The zero-order valence-electron chi connectivity index (χ0n) is 15.4. The van der Waals surface area contributed by atoms with Crippen LogP contribution in [0, 0.1) is 0 Å². The topological polar surface area (TPSA) is 61.6 Å². The number of likely N-dealkylation sites (N-methyl/N-ethyl adjacent to an activating group) is 1. The fraction of sp³-hybridized carbons (Fsp3) is 0.381. The Hall–Kier alpha value is -2.37. The summed E-state index contributed by atoms with van der Waals surface area (Å²) in [5, 5.41) is 3.02. The van der Waals surface area contributed by atoms with Crippen LogP contribution in [0.1, 0.15) is 28.4 Å². The van der Waals surface area contributed by atoms with Crippen LogP contribution < -0.4 is 11.1 Å². The van der Waals surface area contributed by atoms with Crippen molar-refractivity contribution in [1.82, 2.24) is 15.1 Å². The molecule has 0 saturated carbocycles. The Labute approximate surface area is 155 Å². The van der Waals surface area contributed by atoms with Crippen LogP contribution in [-0.2, 0) is 13.1 Å². The van der Waals surface area contributed by atoms with Crippen LogP contribution in [-0.4, -0.2) is 48.4 Å². The van der Waals surface area contributed by atoms with Crippen molar-refractivity contribution in [3.63, 3.8) is 0 Å². The van der Waals surface area contributed by atoms with E-state index in [1.54, 1.807) is 24.3 Å². The first kappa shape index (κ1) is 18.4. The molecule has 0 aliphatic carbocycles. The van der Waals surface area contributed by atoms with Crippen molar-refractivity contribution >= 4 is 11.6 Å². The Morgan fingerprint density at radius 1 is 0.962 bits per heavy atom. The number of anilines is 1. The second-order valence-corrected chi connectivity index (χ2v) is 6.78. The molecule has 0 bridgehead atoms. The van der Waals surface area contributed by atoms with E-state index >= 15 is 0 Å². The molecule has 1 amide bonds. The van der Waals surface area contributed by atoms with Crippen molar-refractivity contribution in [1.29, 1.82) is 0 Å². The van der Waals surface area contributed by atoms with Crippen LogP contribution in [0.3, 0.4) is 0 Å². The van der Waals surface area contributed by atoms with Crippen molar-refractivity contribution in [3.8, 4) is 0 Å². The van der Waals surface area contributed by atoms with Gasteiger partial charge in [-0.15, -0.1) is 0 Å². The van der Waals surface area contributed by atoms with Gasteiger partial charge in [0, 0.05) is 50.5 Å². The summed E-state index contributed by atoms with van der Waals surface area (Å²) in [5.74, 6) is -0.0728. The number of benzene rings is 2. The number of carbonyl (C=O) groups is 1. The molecule has 0 radical (unpaired) electrons. The molecule has 138 valence electrons. The number of rotatable bonds is 6. The molecule has 3 N–H and O–H groups in total. The molecule has 26 heavy (non-hydrogen) atoms. The number of nitrogens with zero attached hydrogens (tertiary/aromatic N) is 2. The molecular formula is C21H28N4O. The van der Waals surface area contributed by atoms with Gasteiger partial charge in [-0.25, -0.2) is 0 Å². The predicted molar refractivity (Wildman–Crippen MR) is 106 cm³/mol. The molecule has 3 rings (SSSR count). The molecule has 1 heterocycles. The first-order valence-corrected chi connectivity index (χ1v) is 9.31. The van der Waals surface area contributed by atoms with E-state index in [9.17, 15) is 4.79 Å². The lowest BCUT2D eigenvalue weighted by molar-refractivity contribution is 0.0950. The maximum atomic E-state index is 12.3. The van der Waals surface area contributed by atoms with E-state index in [1.165, 1.54) is 11.1 Å². The zero-order valence-corrected chi connectivity index (χ0v) is 15.4. The third-order valence-electron chi connectivity index (χ3n) is 5.04. The largest absolute Gasteiger partial charge is 0.399 e. The lowest BCUT2D eigenvalue weighted by atomic mass is 10.1. The van der Waals surface area contributed by atoms with Crippen molar-refractivity contribution in [2.45, 2.75) is 20.0 Å². The quantitative estimate of drug-likeness (QED) is 0.784. The van der Waals surface area contributed by atoms with Crippen LogP contribution in [0.15, 0.2) is 48.5 Å². The third-order valence-corrected chi connectivity index (χ3v) is 5.04. The average Bonchev–Trinajstić information content (AvgIpc) is 2.68. The van der Waals surface area contributed by atoms with E-state index in [0.717, 1.165) is 39.3 Å². The van der Waals surface area contributed by atoms with Gasteiger partial charge in [-0.1, -0.05) is 31.2 Å². The number of nitrogen functional groups attached to an aromatic ring is 1. The normalized spacial score (nSPS) is 15.7. The summed E-state index contributed by atoms with van der Waals surface area (Å²) in [7, 11) is 0. The fourth-order valence-electron chi connectivity index (χ4n) is 3.30. The third kappa shape index (κ3) is 4.84. The average molecular weight is 352 g/mol. The Bertz CT molecular complexity index is 721. The van der Waals surface area contributed by atoms with Gasteiger partial charge in [0.05, 0.1) is 0 Å². The Balaban J connectivity index is 1.58. The van der Waals surface area contributed by atoms with Gasteiger partial charge in [-0.2, -0.15) is 0 Å². The van der Waals surface area contributed by atoms with E-state index in [0.29, 0.717) is 17.8 Å². The van der Waals surface area contributed by atoms with E-state index in [1.807, 2.05) is 6.07 Å². The maximum Gasteiger partial charge on any atom is 0.251 e. The highest BCUT2D eigenvalue weighted by Gasteiger charge is 2.16. The van der Waals surface area contributed by atoms with Crippen molar-refractivity contribution in [2.75, 3.05) is 38.5 Å². The highest BCUT2D eigenvalue weighted by atomic mass is 16.1. The highest BCUT2D eigenvalue weighted by molar-refractivity contribution is 5.94. The SMILES string of the molecule is CCN1CCN(Cc2ccccc2CNC(=O)c2ccc(N)cc2)CC1. The molecule has 0 unspecified atom stereocenters. The molecule has 1 aliphatic rings. The van der Waals surface area contributed by atoms with Crippen LogP contribution >= 0.6 is 0 Å². The van der Waals surface area contributed by atoms with Crippen LogP contribution in [0.2, 0.25) is 0 Å². The molecular weight excluding hydrogens is 324 g/mol. The van der Waals surface area contributed by atoms with Crippen LogP contribution in [0.25, 0.3) is 0 Å². The number of carbonyl (C=O) groups excluding carboxylic acids is 1. The summed E-state index contributed by atoms with van der Waals surface area (Å²) >= 11 is 0. The van der Waals surface area contributed by atoms with Gasteiger partial charge in [0.25, 0.3) is 5.91 Å². The highest BCUT2D eigenvalue weighted by Crippen LogP contribution is 2.14.